The number of hydrogen-bond acceptors (Lipinski definition) is 4. The standard InChI is InChI=1S/C11H16BrN3O2S/c1-18(16,17)14-10-4-6-15(7-5-10)11-3-2-9(12)8-13-11/h2-3,8,10,14H,4-7H2,1H3. The van der Waals surface area contributed by atoms with Gasteiger partial charge >= 0.3 is 0 Å². The van der Waals surface area contributed by atoms with Gasteiger partial charge in [-0.3, -0.25) is 0 Å². The first kappa shape index (κ1) is 13.8. The van der Waals surface area contributed by atoms with Crippen molar-refractivity contribution in [3.05, 3.63) is 22.8 Å². The van der Waals surface area contributed by atoms with Gasteiger partial charge in [-0.1, -0.05) is 0 Å². The fourth-order valence-electron chi connectivity index (χ4n) is 2.08. The van der Waals surface area contributed by atoms with E-state index in [1.807, 2.05) is 12.1 Å². The molecule has 0 saturated carbocycles. The summed E-state index contributed by atoms with van der Waals surface area (Å²) < 4.78 is 25.9. The van der Waals surface area contributed by atoms with Crippen LogP contribution >= 0.6 is 15.9 Å². The molecule has 0 unspecified atom stereocenters. The van der Waals surface area contributed by atoms with E-state index in [0.29, 0.717) is 0 Å². The van der Waals surface area contributed by atoms with E-state index in [9.17, 15) is 8.42 Å². The highest BCUT2D eigenvalue weighted by atomic mass is 79.9. The van der Waals surface area contributed by atoms with Gasteiger partial charge in [-0.15, -0.1) is 0 Å². The summed E-state index contributed by atoms with van der Waals surface area (Å²) in [6.45, 7) is 1.64. The van der Waals surface area contributed by atoms with Gasteiger partial charge < -0.3 is 4.90 Å². The first-order valence-corrected chi connectivity index (χ1v) is 8.46. The number of halogens is 1. The van der Waals surface area contributed by atoms with E-state index in [1.165, 1.54) is 6.26 Å². The van der Waals surface area contributed by atoms with Crippen molar-refractivity contribution in [3.8, 4) is 0 Å². The van der Waals surface area contributed by atoms with Gasteiger partial charge in [0.1, 0.15) is 5.82 Å². The summed E-state index contributed by atoms with van der Waals surface area (Å²) in [5.74, 6) is 0.941. The number of pyridine rings is 1. The molecule has 100 valence electrons. The highest BCUT2D eigenvalue weighted by Gasteiger charge is 2.22. The minimum absolute atomic E-state index is 0.0479. The third-order valence-electron chi connectivity index (χ3n) is 2.91. The molecule has 0 spiro atoms. The summed E-state index contributed by atoms with van der Waals surface area (Å²) in [6.07, 6.45) is 4.60. The van der Waals surface area contributed by atoms with E-state index in [4.69, 9.17) is 0 Å². The maximum Gasteiger partial charge on any atom is 0.208 e. The normalized spacial score (nSPS) is 18.0. The molecule has 0 atom stereocenters. The molecule has 18 heavy (non-hydrogen) atoms. The zero-order chi connectivity index (χ0) is 13.2. The van der Waals surface area contributed by atoms with Crippen molar-refractivity contribution >= 4 is 31.8 Å². The van der Waals surface area contributed by atoms with Crippen LogP contribution in [0.25, 0.3) is 0 Å². The zero-order valence-electron chi connectivity index (χ0n) is 10.1. The molecule has 1 N–H and O–H groups in total. The maximum absolute atomic E-state index is 11.1. The van der Waals surface area contributed by atoms with E-state index in [2.05, 4.69) is 30.5 Å². The van der Waals surface area contributed by atoms with Gasteiger partial charge in [-0.25, -0.2) is 18.1 Å². The van der Waals surface area contributed by atoms with Crippen LogP contribution in [-0.4, -0.2) is 38.8 Å². The lowest BCUT2D eigenvalue weighted by Crippen LogP contribution is -2.44. The first-order chi connectivity index (χ1) is 8.44. The van der Waals surface area contributed by atoms with Gasteiger partial charge in [0.25, 0.3) is 0 Å². The number of piperidine rings is 1. The van der Waals surface area contributed by atoms with E-state index in [0.717, 1.165) is 36.2 Å². The summed E-state index contributed by atoms with van der Waals surface area (Å²) in [5, 5.41) is 0. The Hall–Kier alpha value is -0.660. The molecule has 2 rings (SSSR count). The van der Waals surface area contributed by atoms with Crippen LogP contribution in [0.3, 0.4) is 0 Å². The van der Waals surface area contributed by atoms with E-state index in [1.54, 1.807) is 6.20 Å². The molecule has 0 radical (unpaired) electrons. The molecular weight excluding hydrogens is 318 g/mol. The molecule has 0 aliphatic carbocycles. The van der Waals surface area contributed by atoms with Crippen LogP contribution < -0.4 is 9.62 Å². The molecule has 2 heterocycles. The topological polar surface area (TPSA) is 62.3 Å². The quantitative estimate of drug-likeness (QED) is 0.907. The Bertz CT molecular complexity index is 496. The highest BCUT2D eigenvalue weighted by molar-refractivity contribution is 9.10. The van der Waals surface area contributed by atoms with Crippen molar-refractivity contribution < 1.29 is 8.42 Å². The number of anilines is 1. The predicted octanol–water partition coefficient (Wildman–Crippen LogP) is 1.36. The van der Waals surface area contributed by atoms with Crippen molar-refractivity contribution in [1.29, 1.82) is 0 Å². The second-order valence-corrected chi connectivity index (χ2v) is 7.18. The molecule has 0 aromatic carbocycles. The monoisotopic (exact) mass is 333 g/mol. The number of sulfonamides is 1. The smallest absolute Gasteiger partial charge is 0.208 e. The van der Waals surface area contributed by atoms with Crippen LogP contribution in [-0.2, 0) is 10.0 Å². The summed E-state index contributed by atoms with van der Waals surface area (Å²) in [4.78, 5) is 6.52. The van der Waals surface area contributed by atoms with Gasteiger partial charge in [0.2, 0.25) is 10.0 Å². The SMILES string of the molecule is CS(=O)(=O)NC1CCN(c2ccc(Br)cn2)CC1. The van der Waals surface area contributed by atoms with Crippen molar-refractivity contribution in [2.75, 3.05) is 24.2 Å². The summed E-state index contributed by atoms with van der Waals surface area (Å²) in [5.41, 5.74) is 0. The number of rotatable bonds is 3. The zero-order valence-corrected chi connectivity index (χ0v) is 12.5. The summed E-state index contributed by atoms with van der Waals surface area (Å²) in [6, 6.07) is 3.98. The molecule has 7 heteroatoms. The molecule has 1 aromatic heterocycles. The minimum Gasteiger partial charge on any atom is -0.357 e. The van der Waals surface area contributed by atoms with Crippen molar-refractivity contribution in [3.63, 3.8) is 0 Å². The van der Waals surface area contributed by atoms with Crippen molar-refractivity contribution in [2.24, 2.45) is 0 Å². The first-order valence-electron chi connectivity index (χ1n) is 5.78. The second kappa shape index (κ2) is 5.54. The Kier molecular flexibility index (Phi) is 4.24. The fraction of sp³-hybridized carbons (Fsp3) is 0.545. The highest BCUT2D eigenvalue weighted by Crippen LogP contribution is 2.19. The lowest BCUT2D eigenvalue weighted by atomic mass is 10.1. The van der Waals surface area contributed by atoms with Gasteiger partial charge in [0.05, 0.1) is 6.26 Å². The van der Waals surface area contributed by atoms with Crippen molar-refractivity contribution in [2.45, 2.75) is 18.9 Å². The van der Waals surface area contributed by atoms with E-state index >= 15 is 0 Å². The van der Waals surface area contributed by atoms with Gasteiger partial charge in [0, 0.05) is 29.8 Å². The average Bonchev–Trinajstić information content (AvgIpc) is 2.29. The van der Waals surface area contributed by atoms with Gasteiger partial charge in [0.15, 0.2) is 0 Å². The largest absolute Gasteiger partial charge is 0.357 e. The molecule has 5 nitrogen and oxygen atoms in total. The minimum atomic E-state index is -3.10. The number of nitrogens with one attached hydrogen (secondary N) is 1. The Morgan fingerprint density at radius 3 is 2.56 bits per heavy atom. The average molecular weight is 334 g/mol. The van der Waals surface area contributed by atoms with Crippen LogP contribution in [0.4, 0.5) is 5.82 Å². The molecule has 1 aliphatic heterocycles. The molecule has 1 fully saturated rings. The summed E-state index contributed by atoms with van der Waals surface area (Å²) >= 11 is 3.35. The Morgan fingerprint density at radius 1 is 1.39 bits per heavy atom. The van der Waals surface area contributed by atoms with Crippen LogP contribution in [0.1, 0.15) is 12.8 Å². The Morgan fingerprint density at radius 2 is 2.06 bits per heavy atom. The Labute approximate surface area is 116 Å². The lowest BCUT2D eigenvalue weighted by molar-refractivity contribution is 0.460. The molecule has 0 bridgehead atoms. The third kappa shape index (κ3) is 3.93. The molecular formula is C11H16BrN3O2S. The second-order valence-electron chi connectivity index (χ2n) is 4.49. The van der Waals surface area contributed by atoms with Crippen LogP contribution in [0.5, 0.6) is 0 Å². The Balaban J connectivity index is 1.92. The number of aromatic nitrogens is 1. The molecule has 1 aromatic rings. The van der Waals surface area contributed by atoms with Crippen LogP contribution in [0.15, 0.2) is 22.8 Å². The fourth-order valence-corrected chi connectivity index (χ4v) is 3.16. The van der Waals surface area contributed by atoms with Gasteiger partial charge in [-0.2, -0.15) is 0 Å². The number of hydrogen-bond donors (Lipinski definition) is 1. The van der Waals surface area contributed by atoms with Crippen molar-refractivity contribution in [1.82, 2.24) is 9.71 Å². The molecule has 1 saturated heterocycles. The number of nitrogens with zero attached hydrogens (tertiary/aromatic N) is 2. The lowest BCUT2D eigenvalue weighted by Gasteiger charge is -2.32. The van der Waals surface area contributed by atoms with Crippen LogP contribution in [0, 0.1) is 0 Å². The van der Waals surface area contributed by atoms with E-state index < -0.39 is 10.0 Å². The van der Waals surface area contributed by atoms with E-state index in [-0.39, 0.29) is 6.04 Å². The maximum atomic E-state index is 11.1. The third-order valence-corrected chi connectivity index (χ3v) is 4.14. The molecule has 1 aliphatic rings. The van der Waals surface area contributed by atoms with Gasteiger partial charge in [-0.05, 0) is 40.9 Å². The predicted molar refractivity (Wildman–Crippen MR) is 75.2 cm³/mol. The van der Waals surface area contributed by atoms with Crippen LogP contribution in [0.2, 0.25) is 0 Å². The molecule has 0 amide bonds. The summed E-state index contributed by atoms with van der Waals surface area (Å²) in [7, 11) is -3.10.